The molecular weight excluding hydrogens is 561 g/mol. The molecule has 1 amide bonds. The quantitative estimate of drug-likeness (QED) is 0.336. The first-order valence-corrected chi connectivity index (χ1v) is 14.5. The fourth-order valence-electron chi connectivity index (χ4n) is 6.38. The summed E-state index contributed by atoms with van der Waals surface area (Å²) in [7, 11) is 4.16. The lowest BCUT2D eigenvalue weighted by atomic mass is 10.0. The zero-order valence-electron chi connectivity index (χ0n) is 24.6. The monoisotopic (exact) mass is 598 g/mol. The number of nitrogens with zero attached hydrogens (tertiary/aromatic N) is 8. The number of halogens is 3. The van der Waals surface area contributed by atoms with E-state index in [-0.39, 0.29) is 36.7 Å². The second-order valence-electron chi connectivity index (χ2n) is 11.6. The molecule has 10 nitrogen and oxygen atoms in total. The van der Waals surface area contributed by atoms with Gasteiger partial charge >= 0.3 is 12.2 Å². The van der Waals surface area contributed by atoms with Crippen LogP contribution in [0.4, 0.5) is 24.7 Å². The first-order valence-electron chi connectivity index (χ1n) is 14.5. The van der Waals surface area contributed by atoms with E-state index in [4.69, 9.17) is 21.3 Å². The zero-order chi connectivity index (χ0) is 30.7. The smallest absolute Gasteiger partial charge is 0.418 e. The van der Waals surface area contributed by atoms with Crippen molar-refractivity contribution in [3.63, 3.8) is 0 Å². The summed E-state index contributed by atoms with van der Waals surface area (Å²) in [6.07, 6.45) is 2.70. The van der Waals surface area contributed by atoms with Gasteiger partial charge in [0.05, 0.1) is 36.3 Å². The minimum atomic E-state index is -4.52. The lowest BCUT2D eigenvalue weighted by molar-refractivity contribution is -0.137. The fourth-order valence-corrected chi connectivity index (χ4v) is 6.38. The number of piperazine rings is 1. The van der Waals surface area contributed by atoms with Crippen LogP contribution in [0.3, 0.4) is 0 Å². The predicted molar refractivity (Wildman–Crippen MR) is 156 cm³/mol. The Morgan fingerprint density at radius 1 is 1.23 bits per heavy atom. The Kier molecular flexibility index (Phi) is 9.05. The summed E-state index contributed by atoms with van der Waals surface area (Å²) in [5, 5.41) is 0. The van der Waals surface area contributed by atoms with Crippen LogP contribution in [0.25, 0.3) is 4.85 Å². The number of anilines is 2. The van der Waals surface area contributed by atoms with Crippen LogP contribution in [-0.4, -0.2) is 96.2 Å². The van der Waals surface area contributed by atoms with Crippen molar-refractivity contribution in [3.8, 4) is 6.01 Å². The van der Waals surface area contributed by atoms with Crippen molar-refractivity contribution >= 4 is 17.4 Å². The molecule has 3 atom stereocenters. The second-order valence-corrected chi connectivity index (χ2v) is 11.6. The van der Waals surface area contributed by atoms with E-state index in [9.17, 15) is 18.0 Å². The van der Waals surface area contributed by atoms with E-state index in [0.717, 1.165) is 37.1 Å². The molecule has 43 heavy (non-hydrogen) atoms. The van der Waals surface area contributed by atoms with Crippen LogP contribution in [0.15, 0.2) is 31.1 Å². The minimum Gasteiger partial charge on any atom is -0.463 e. The fraction of sp³-hybridized carbons (Fsp3) is 0.567. The average Bonchev–Trinajstić information content (AvgIpc) is 3.48. The zero-order valence-corrected chi connectivity index (χ0v) is 24.6. The van der Waals surface area contributed by atoms with E-state index < -0.39 is 11.7 Å². The first kappa shape index (κ1) is 30.5. The lowest BCUT2D eigenvalue weighted by Crippen LogP contribution is -2.56. The van der Waals surface area contributed by atoms with Crippen LogP contribution >= 0.6 is 0 Å². The Morgan fingerprint density at radius 2 is 2.05 bits per heavy atom. The number of aromatic nitrogens is 3. The topological polar surface area (TPSA) is 82.3 Å². The van der Waals surface area contributed by atoms with Gasteiger partial charge in [-0.2, -0.15) is 23.1 Å². The number of alkyl halides is 3. The molecule has 4 heterocycles. The molecule has 3 unspecified atom stereocenters. The molecule has 230 valence electrons. The molecule has 5 rings (SSSR count). The van der Waals surface area contributed by atoms with E-state index in [2.05, 4.69) is 40.3 Å². The summed E-state index contributed by atoms with van der Waals surface area (Å²) < 4.78 is 47.7. The van der Waals surface area contributed by atoms with Gasteiger partial charge in [-0.1, -0.05) is 6.58 Å². The molecule has 2 aromatic heterocycles. The molecule has 13 heteroatoms. The highest BCUT2D eigenvalue weighted by Gasteiger charge is 2.38. The molecule has 0 N–H and O–H groups in total. The third-order valence-corrected chi connectivity index (χ3v) is 8.70. The lowest BCUT2D eigenvalue weighted by Gasteiger charge is -2.41. The third kappa shape index (κ3) is 6.69. The number of amides is 1. The molecule has 2 aliphatic heterocycles. The van der Waals surface area contributed by atoms with Crippen molar-refractivity contribution < 1.29 is 22.7 Å². The summed E-state index contributed by atoms with van der Waals surface area (Å²) in [6.45, 7) is 13.3. The van der Waals surface area contributed by atoms with Gasteiger partial charge in [-0.15, -0.1) is 0 Å². The molecular formula is C30H37F3N8O2. The maximum Gasteiger partial charge on any atom is 0.418 e. The summed E-state index contributed by atoms with van der Waals surface area (Å²) >= 11 is 0. The van der Waals surface area contributed by atoms with Gasteiger partial charge in [0.25, 0.3) is 0 Å². The van der Waals surface area contributed by atoms with Crippen molar-refractivity contribution in [2.24, 2.45) is 5.92 Å². The second kappa shape index (κ2) is 12.8. The number of rotatable bonds is 8. The molecule has 1 saturated carbocycles. The van der Waals surface area contributed by atoms with Crippen LogP contribution < -0.4 is 14.5 Å². The molecule has 0 spiro atoms. The third-order valence-electron chi connectivity index (χ3n) is 8.70. The number of carbonyl (C=O) groups is 1. The van der Waals surface area contributed by atoms with Crippen molar-refractivity contribution in [2.75, 3.05) is 63.2 Å². The van der Waals surface area contributed by atoms with Gasteiger partial charge in [-0.25, -0.2) is 6.57 Å². The van der Waals surface area contributed by atoms with Crippen molar-refractivity contribution in [1.29, 1.82) is 0 Å². The maximum absolute atomic E-state index is 13.8. The van der Waals surface area contributed by atoms with Gasteiger partial charge in [0.15, 0.2) is 0 Å². The Balaban J connectivity index is 1.45. The van der Waals surface area contributed by atoms with E-state index in [1.165, 1.54) is 12.3 Å². The highest BCUT2D eigenvalue weighted by molar-refractivity contribution is 5.87. The molecule has 1 aliphatic carbocycles. The van der Waals surface area contributed by atoms with Gasteiger partial charge < -0.3 is 29.2 Å². The van der Waals surface area contributed by atoms with Crippen molar-refractivity contribution in [2.45, 2.75) is 50.5 Å². The number of hydrogen-bond acceptors (Lipinski definition) is 8. The molecule has 3 aliphatic rings. The summed E-state index contributed by atoms with van der Waals surface area (Å²) in [4.78, 5) is 37.1. The summed E-state index contributed by atoms with van der Waals surface area (Å²) in [5.41, 5.74) is 0.725. The Hall–Kier alpha value is -3.92. The summed E-state index contributed by atoms with van der Waals surface area (Å²) in [5.74, 6) is 0.788. The normalized spacial score (nSPS) is 22.3. The number of hydrogen-bond donors (Lipinski definition) is 0. The standard InChI is InChI=1S/C30H37F3N8O2/c1-5-27(42)41-13-12-40(17-22(41)15-34-2)28-23-9-11-39(26-16-35-10-8-24(26)30(31,32)33)18-25(23)36-29(37-28)43-19-20-6-7-21(14-20)38(3)4/h5,8,10,16,20-22H,1,6-7,9,11-15,17-19H2,3-4H3. The van der Waals surface area contributed by atoms with E-state index in [0.29, 0.717) is 62.7 Å². The number of fused-ring (bicyclic) bond motifs is 1. The van der Waals surface area contributed by atoms with Gasteiger partial charge in [0.2, 0.25) is 12.5 Å². The van der Waals surface area contributed by atoms with E-state index in [1.807, 2.05) is 0 Å². The molecule has 0 radical (unpaired) electrons. The molecule has 2 aromatic rings. The summed E-state index contributed by atoms with van der Waals surface area (Å²) in [6, 6.07) is 1.34. The van der Waals surface area contributed by atoms with Crippen LogP contribution in [0, 0.1) is 12.5 Å². The Bertz CT molecular complexity index is 1380. The maximum atomic E-state index is 13.8. The highest BCUT2D eigenvalue weighted by atomic mass is 19.4. The van der Waals surface area contributed by atoms with Gasteiger partial charge in [0.1, 0.15) is 11.9 Å². The number of carbonyl (C=O) groups excluding carboxylic acids is 1. The van der Waals surface area contributed by atoms with E-state index >= 15 is 0 Å². The van der Waals surface area contributed by atoms with E-state index in [1.54, 1.807) is 9.80 Å². The Labute approximate surface area is 250 Å². The molecule has 1 saturated heterocycles. The number of pyridine rings is 1. The molecule has 0 bridgehead atoms. The van der Waals surface area contributed by atoms with Gasteiger partial charge in [0, 0.05) is 44.0 Å². The average molecular weight is 599 g/mol. The number of ether oxygens (including phenoxy) is 1. The Morgan fingerprint density at radius 3 is 2.74 bits per heavy atom. The minimum absolute atomic E-state index is 0.0117. The van der Waals surface area contributed by atoms with Gasteiger partial charge in [-0.05, 0) is 57.8 Å². The largest absolute Gasteiger partial charge is 0.463 e. The van der Waals surface area contributed by atoms with Crippen LogP contribution in [-0.2, 0) is 23.9 Å². The molecule has 0 aromatic carbocycles. The van der Waals surface area contributed by atoms with Crippen molar-refractivity contribution in [3.05, 3.63) is 59.4 Å². The molecule has 2 fully saturated rings. The van der Waals surface area contributed by atoms with Crippen LogP contribution in [0.2, 0.25) is 0 Å². The first-order chi connectivity index (χ1) is 20.6. The van der Waals surface area contributed by atoms with Crippen LogP contribution in [0.5, 0.6) is 6.01 Å². The predicted octanol–water partition coefficient (Wildman–Crippen LogP) is 3.68. The van der Waals surface area contributed by atoms with Crippen LogP contribution in [0.1, 0.15) is 36.1 Å². The van der Waals surface area contributed by atoms with Crippen molar-refractivity contribution in [1.82, 2.24) is 24.8 Å². The highest BCUT2D eigenvalue weighted by Crippen LogP contribution is 2.39. The SMILES string of the molecule is [C-]#[N+]CC1CN(c2nc(OCC3CCC(N(C)C)C3)nc3c2CCN(c2cnccc2C(F)(F)F)C3)CCN1C(=O)C=C. The van der Waals surface area contributed by atoms with Gasteiger partial charge in [-0.3, -0.25) is 9.78 Å².